The third-order valence-electron chi connectivity index (χ3n) is 2.44. The van der Waals surface area contributed by atoms with Crippen LogP contribution in [0.5, 0.6) is 0 Å². The van der Waals surface area contributed by atoms with Crippen LogP contribution in [0.4, 0.5) is 5.82 Å². The van der Waals surface area contributed by atoms with Gasteiger partial charge in [0.2, 0.25) is 0 Å². The highest BCUT2D eigenvalue weighted by Gasteiger charge is 2.14. The topological polar surface area (TPSA) is 43.3 Å². The average molecular weight is 284 g/mol. The molecule has 0 aliphatic rings. The fourth-order valence-corrected chi connectivity index (χ4v) is 2.95. The lowest BCUT2D eigenvalue weighted by Gasteiger charge is -1.96. The van der Waals surface area contributed by atoms with E-state index in [1.165, 1.54) is 11.3 Å². The van der Waals surface area contributed by atoms with Crippen LogP contribution in [-0.2, 0) is 0 Å². The van der Waals surface area contributed by atoms with E-state index in [4.69, 9.17) is 28.9 Å². The minimum Gasteiger partial charge on any atom is -0.383 e. The van der Waals surface area contributed by atoms with E-state index in [1.54, 1.807) is 10.5 Å². The maximum atomic E-state index is 6.07. The molecule has 17 heavy (non-hydrogen) atoms. The standard InChI is InChI=1S/C11H7Cl2N3S/c12-6-4-8(17-5-6)9-10(14)16-3-1-2-7(13)11(16)15-9/h1-5H,14H2. The first-order valence-electron chi connectivity index (χ1n) is 4.83. The molecule has 0 saturated carbocycles. The molecule has 0 aliphatic heterocycles. The number of fused-ring (bicyclic) bond motifs is 1. The Balaban J connectivity index is 2.31. The predicted molar refractivity (Wildman–Crippen MR) is 72.9 cm³/mol. The summed E-state index contributed by atoms with van der Waals surface area (Å²) >= 11 is 13.5. The maximum absolute atomic E-state index is 6.07. The van der Waals surface area contributed by atoms with Gasteiger partial charge in [0.15, 0.2) is 5.65 Å². The molecule has 0 radical (unpaired) electrons. The number of hydrogen-bond acceptors (Lipinski definition) is 3. The van der Waals surface area contributed by atoms with Crippen LogP contribution in [0, 0.1) is 0 Å². The zero-order valence-corrected chi connectivity index (χ0v) is 10.9. The zero-order valence-electron chi connectivity index (χ0n) is 8.52. The van der Waals surface area contributed by atoms with Gasteiger partial charge >= 0.3 is 0 Å². The molecule has 0 bridgehead atoms. The van der Waals surface area contributed by atoms with Gasteiger partial charge in [0, 0.05) is 11.6 Å². The predicted octanol–water partition coefficient (Wildman–Crippen LogP) is 3.95. The van der Waals surface area contributed by atoms with Gasteiger partial charge < -0.3 is 5.73 Å². The van der Waals surface area contributed by atoms with E-state index in [1.807, 2.05) is 23.7 Å². The highest BCUT2D eigenvalue weighted by Crippen LogP contribution is 2.34. The third kappa shape index (κ3) is 1.69. The molecule has 0 aliphatic carbocycles. The fraction of sp³-hybridized carbons (Fsp3) is 0. The lowest BCUT2D eigenvalue weighted by Crippen LogP contribution is -1.93. The Morgan fingerprint density at radius 3 is 2.82 bits per heavy atom. The van der Waals surface area contributed by atoms with E-state index < -0.39 is 0 Å². The van der Waals surface area contributed by atoms with Crippen molar-refractivity contribution < 1.29 is 0 Å². The van der Waals surface area contributed by atoms with Crippen molar-refractivity contribution in [2.75, 3.05) is 5.73 Å². The van der Waals surface area contributed by atoms with Crippen LogP contribution in [0.15, 0.2) is 29.8 Å². The normalized spacial score (nSPS) is 11.2. The first-order chi connectivity index (χ1) is 8.16. The molecule has 0 unspecified atom stereocenters. The number of nitrogens with two attached hydrogens (primary N) is 1. The number of imidazole rings is 1. The van der Waals surface area contributed by atoms with Crippen LogP contribution in [0.2, 0.25) is 10.0 Å². The van der Waals surface area contributed by atoms with E-state index in [9.17, 15) is 0 Å². The summed E-state index contributed by atoms with van der Waals surface area (Å²) in [6.07, 6.45) is 1.84. The van der Waals surface area contributed by atoms with E-state index >= 15 is 0 Å². The number of nitrogens with zero attached hydrogens (tertiary/aromatic N) is 2. The smallest absolute Gasteiger partial charge is 0.158 e. The first-order valence-corrected chi connectivity index (χ1v) is 6.47. The van der Waals surface area contributed by atoms with E-state index in [2.05, 4.69) is 4.98 Å². The lowest BCUT2D eigenvalue weighted by molar-refractivity contribution is 1.20. The molecule has 0 aromatic carbocycles. The van der Waals surface area contributed by atoms with Crippen molar-refractivity contribution in [3.05, 3.63) is 39.8 Å². The van der Waals surface area contributed by atoms with Crippen LogP contribution in [0.25, 0.3) is 16.2 Å². The van der Waals surface area contributed by atoms with Gasteiger partial charge in [-0.3, -0.25) is 4.40 Å². The summed E-state index contributed by atoms with van der Waals surface area (Å²) in [5, 5.41) is 3.11. The molecule has 3 nitrogen and oxygen atoms in total. The van der Waals surface area contributed by atoms with Gasteiger partial charge in [-0.25, -0.2) is 4.98 Å². The van der Waals surface area contributed by atoms with Gasteiger partial charge in [0.25, 0.3) is 0 Å². The number of hydrogen-bond donors (Lipinski definition) is 1. The molecule has 3 aromatic heterocycles. The summed E-state index contributed by atoms with van der Waals surface area (Å²) in [6, 6.07) is 5.46. The van der Waals surface area contributed by atoms with E-state index in [0.29, 0.717) is 21.5 Å². The van der Waals surface area contributed by atoms with Crippen LogP contribution in [0.3, 0.4) is 0 Å². The summed E-state index contributed by atoms with van der Waals surface area (Å²) in [4.78, 5) is 5.39. The van der Waals surface area contributed by atoms with Crippen LogP contribution in [0.1, 0.15) is 0 Å². The maximum Gasteiger partial charge on any atom is 0.158 e. The monoisotopic (exact) mass is 283 g/mol. The van der Waals surface area contributed by atoms with Gasteiger partial charge in [-0.15, -0.1) is 11.3 Å². The number of pyridine rings is 1. The number of halogens is 2. The van der Waals surface area contributed by atoms with Crippen molar-refractivity contribution in [3.8, 4) is 10.6 Å². The molecule has 86 valence electrons. The van der Waals surface area contributed by atoms with Gasteiger partial charge in [-0.05, 0) is 18.2 Å². The van der Waals surface area contributed by atoms with E-state index in [0.717, 1.165) is 10.6 Å². The van der Waals surface area contributed by atoms with Crippen LogP contribution >= 0.6 is 34.5 Å². The van der Waals surface area contributed by atoms with Gasteiger partial charge in [-0.1, -0.05) is 23.2 Å². The molecule has 0 fully saturated rings. The summed E-state index contributed by atoms with van der Waals surface area (Å²) in [5.41, 5.74) is 7.43. The van der Waals surface area contributed by atoms with Crippen molar-refractivity contribution >= 4 is 46.0 Å². The SMILES string of the molecule is Nc1c(-c2cc(Cl)cs2)nc2c(Cl)cccn12. The second-order valence-electron chi connectivity index (χ2n) is 3.52. The molecule has 0 spiro atoms. The highest BCUT2D eigenvalue weighted by molar-refractivity contribution is 7.14. The van der Waals surface area contributed by atoms with Gasteiger partial charge in [0.1, 0.15) is 11.5 Å². The minimum atomic E-state index is 0.570. The number of thiophene rings is 1. The van der Waals surface area contributed by atoms with Crippen molar-refractivity contribution in [1.29, 1.82) is 0 Å². The molecule has 3 heterocycles. The summed E-state index contributed by atoms with van der Waals surface area (Å²) in [7, 11) is 0. The Morgan fingerprint density at radius 2 is 2.18 bits per heavy atom. The van der Waals surface area contributed by atoms with E-state index in [-0.39, 0.29) is 0 Å². The molecule has 3 rings (SSSR count). The Labute approximate surface area is 111 Å². The second-order valence-corrected chi connectivity index (χ2v) is 5.28. The first kappa shape index (κ1) is 10.9. The molecule has 0 atom stereocenters. The molecule has 0 saturated heterocycles. The Bertz CT molecular complexity index is 702. The molecule has 6 heteroatoms. The largest absolute Gasteiger partial charge is 0.383 e. The number of nitrogen functional groups attached to an aromatic ring is 1. The van der Waals surface area contributed by atoms with Crippen LogP contribution in [-0.4, -0.2) is 9.38 Å². The van der Waals surface area contributed by atoms with Gasteiger partial charge in [0.05, 0.1) is 14.9 Å². The summed E-state index contributed by atoms with van der Waals surface area (Å²) in [5.74, 6) is 0.570. The highest BCUT2D eigenvalue weighted by atomic mass is 35.5. The molecular weight excluding hydrogens is 277 g/mol. The molecule has 2 N–H and O–H groups in total. The van der Waals surface area contributed by atoms with Crippen molar-refractivity contribution in [2.24, 2.45) is 0 Å². The van der Waals surface area contributed by atoms with Crippen molar-refractivity contribution in [2.45, 2.75) is 0 Å². The number of anilines is 1. The molecule has 0 amide bonds. The average Bonchev–Trinajstić information content (AvgIpc) is 2.85. The second kappa shape index (κ2) is 3.91. The Morgan fingerprint density at radius 1 is 1.35 bits per heavy atom. The number of rotatable bonds is 1. The summed E-state index contributed by atoms with van der Waals surface area (Å²) in [6.45, 7) is 0. The van der Waals surface area contributed by atoms with Gasteiger partial charge in [-0.2, -0.15) is 0 Å². The number of aromatic nitrogens is 2. The molecule has 3 aromatic rings. The van der Waals surface area contributed by atoms with Crippen LogP contribution < -0.4 is 5.73 Å². The van der Waals surface area contributed by atoms with Crippen molar-refractivity contribution in [1.82, 2.24) is 9.38 Å². The quantitative estimate of drug-likeness (QED) is 0.735. The minimum absolute atomic E-state index is 0.570. The molecular formula is C11H7Cl2N3S. The Hall–Kier alpha value is -1.23. The fourth-order valence-electron chi connectivity index (χ4n) is 1.67. The van der Waals surface area contributed by atoms with Crippen molar-refractivity contribution in [3.63, 3.8) is 0 Å². The third-order valence-corrected chi connectivity index (χ3v) is 4.02. The Kier molecular flexibility index (Phi) is 2.50. The summed E-state index contributed by atoms with van der Waals surface area (Å²) < 4.78 is 1.77. The lowest BCUT2D eigenvalue weighted by atomic mass is 10.3. The zero-order chi connectivity index (χ0) is 12.0.